The van der Waals surface area contributed by atoms with Gasteiger partial charge in [0.1, 0.15) is 0 Å². The van der Waals surface area contributed by atoms with E-state index in [4.69, 9.17) is 0 Å². The first kappa shape index (κ1) is 20.0. The molecule has 0 aromatic heterocycles. The third-order valence-electron chi connectivity index (χ3n) is 4.92. The molecule has 0 radical (unpaired) electrons. The van der Waals surface area contributed by atoms with Crippen LogP contribution in [-0.4, -0.2) is 16.5 Å². The molecule has 0 fully saturated rings. The van der Waals surface area contributed by atoms with Crippen LogP contribution in [0.3, 0.4) is 0 Å². The third kappa shape index (κ3) is 4.18. The lowest BCUT2D eigenvalue weighted by Gasteiger charge is -2.12. The topological polar surface area (TPSA) is 75.8 Å². The van der Waals surface area contributed by atoms with Crippen LogP contribution < -0.4 is 5.01 Å². The Hall–Kier alpha value is -4.32. The second kappa shape index (κ2) is 8.59. The molecular formula is C25H19N3O3. The Morgan fingerprint density at radius 3 is 2.16 bits per heavy atom. The minimum Gasteiger partial charge on any atom is -0.267 e. The second-order valence-electron chi connectivity index (χ2n) is 6.97. The normalized spacial score (nSPS) is 15.3. The van der Waals surface area contributed by atoms with Gasteiger partial charge in [0.05, 0.1) is 21.9 Å². The van der Waals surface area contributed by atoms with Gasteiger partial charge in [-0.1, -0.05) is 60.7 Å². The summed E-state index contributed by atoms with van der Waals surface area (Å²) in [6.45, 7) is 1.82. The van der Waals surface area contributed by atoms with Crippen LogP contribution in [0.2, 0.25) is 0 Å². The molecule has 3 aromatic carbocycles. The number of carbonyl (C=O) groups is 1. The quantitative estimate of drug-likeness (QED) is 0.318. The van der Waals surface area contributed by atoms with E-state index in [1.807, 2.05) is 79.7 Å². The smallest absolute Gasteiger partial charge is 0.267 e. The fourth-order valence-corrected chi connectivity index (χ4v) is 3.39. The highest BCUT2D eigenvalue weighted by Crippen LogP contribution is 2.30. The molecule has 1 aliphatic heterocycles. The summed E-state index contributed by atoms with van der Waals surface area (Å²) in [5.74, 6) is -0.198. The number of amides is 1. The zero-order valence-electron chi connectivity index (χ0n) is 16.8. The number of hydrogen-bond acceptors (Lipinski definition) is 4. The Balaban J connectivity index is 1.77. The SMILES string of the molecule is CC1=NN(c2ccccc2)C(=O)/C1=C(\C=C\c1ccc([N+](=O)[O-])cc1)c1ccccc1. The molecule has 0 bridgehead atoms. The Morgan fingerprint density at radius 1 is 0.935 bits per heavy atom. The molecule has 1 amide bonds. The fraction of sp³-hybridized carbons (Fsp3) is 0.0400. The molecule has 0 aliphatic carbocycles. The molecule has 0 saturated carbocycles. The van der Waals surface area contributed by atoms with Crippen LogP contribution in [0, 0.1) is 10.1 Å². The highest BCUT2D eigenvalue weighted by molar-refractivity contribution is 6.34. The summed E-state index contributed by atoms with van der Waals surface area (Å²) in [6.07, 6.45) is 3.70. The van der Waals surface area contributed by atoms with Crippen molar-refractivity contribution in [2.45, 2.75) is 6.92 Å². The molecule has 0 saturated heterocycles. The van der Waals surface area contributed by atoms with Gasteiger partial charge in [0.15, 0.2) is 0 Å². The summed E-state index contributed by atoms with van der Waals surface area (Å²) < 4.78 is 0. The number of nitrogens with zero attached hydrogens (tertiary/aromatic N) is 3. The summed E-state index contributed by atoms with van der Waals surface area (Å²) in [7, 11) is 0. The van der Waals surface area contributed by atoms with Gasteiger partial charge in [-0.2, -0.15) is 10.1 Å². The lowest BCUT2D eigenvalue weighted by Crippen LogP contribution is -2.21. The Kier molecular flexibility index (Phi) is 5.53. The van der Waals surface area contributed by atoms with Crippen molar-refractivity contribution < 1.29 is 9.72 Å². The van der Waals surface area contributed by atoms with Crippen LogP contribution in [0.5, 0.6) is 0 Å². The number of para-hydroxylation sites is 1. The van der Waals surface area contributed by atoms with Crippen molar-refractivity contribution in [3.05, 3.63) is 118 Å². The number of carbonyl (C=O) groups excluding carboxylic acids is 1. The third-order valence-corrected chi connectivity index (χ3v) is 4.92. The summed E-state index contributed by atoms with van der Waals surface area (Å²) in [5.41, 5.74) is 4.30. The summed E-state index contributed by atoms with van der Waals surface area (Å²) in [6, 6.07) is 25.2. The second-order valence-corrected chi connectivity index (χ2v) is 6.97. The molecule has 0 N–H and O–H groups in total. The number of rotatable bonds is 5. The van der Waals surface area contributed by atoms with Gasteiger partial charge in [0.25, 0.3) is 11.6 Å². The van der Waals surface area contributed by atoms with E-state index in [0.717, 1.165) is 16.7 Å². The van der Waals surface area contributed by atoms with Crippen molar-refractivity contribution in [1.82, 2.24) is 0 Å². The van der Waals surface area contributed by atoms with Gasteiger partial charge in [-0.3, -0.25) is 14.9 Å². The summed E-state index contributed by atoms with van der Waals surface area (Å²) in [4.78, 5) is 23.8. The van der Waals surface area contributed by atoms with E-state index in [1.54, 1.807) is 12.1 Å². The zero-order valence-corrected chi connectivity index (χ0v) is 16.8. The molecule has 152 valence electrons. The molecule has 1 heterocycles. The molecule has 6 heteroatoms. The lowest BCUT2D eigenvalue weighted by molar-refractivity contribution is -0.384. The average Bonchev–Trinajstić information content (AvgIpc) is 3.10. The van der Waals surface area contributed by atoms with Crippen molar-refractivity contribution in [2.75, 3.05) is 5.01 Å². The van der Waals surface area contributed by atoms with Crippen LogP contribution in [0.25, 0.3) is 11.6 Å². The van der Waals surface area contributed by atoms with Crippen molar-refractivity contribution >= 4 is 34.6 Å². The van der Waals surface area contributed by atoms with Gasteiger partial charge in [-0.05, 0) is 47.9 Å². The molecule has 3 aromatic rings. The minimum atomic E-state index is -0.430. The monoisotopic (exact) mass is 409 g/mol. The predicted molar refractivity (Wildman–Crippen MR) is 123 cm³/mol. The molecule has 0 spiro atoms. The molecule has 6 nitrogen and oxygen atoms in total. The molecule has 4 rings (SSSR count). The molecule has 31 heavy (non-hydrogen) atoms. The summed E-state index contributed by atoms with van der Waals surface area (Å²) >= 11 is 0. The number of nitro benzene ring substituents is 1. The van der Waals surface area contributed by atoms with Crippen LogP contribution in [-0.2, 0) is 4.79 Å². The maximum Gasteiger partial charge on any atom is 0.281 e. The Labute approximate surface area is 179 Å². The minimum absolute atomic E-state index is 0.0336. The first-order chi connectivity index (χ1) is 15.0. The molecule has 0 atom stereocenters. The van der Waals surface area contributed by atoms with E-state index in [2.05, 4.69) is 5.10 Å². The van der Waals surface area contributed by atoms with Gasteiger partial charge in [0.2, 0.25) is 0 Å². The van der Waals surface area contributed by atoms with Crippen LogP contribution >= 0.6 is 0 Å². The molecule has 0 unspecified atom stereocenters. The number of allylic oxidation sites excluding steroid dienone is 2. The first-order valence-corrected chi connectivity index (χ1v) is 9.72. The fourth-order valence-electron chi connectivity index (χ4n) is 3.39. The zero-order chi connectivity index (χ0) is 21.8. The van der Waals surface area contributed by atoms with E-state index in [1.165, 1.54) is 17.1 Å². The average molecular weight is 409 g/mol. The molecular weight excluding hydrogens is 390 g/mol. The van der Waals surface area contributed by atoms with Gasteiger partial charge < -0.3 is 0 Å². The number of hydrogen-bond donors (Lipinski definition) is 0. The highest BCUT2D eigenvalue weighted by Gasteiger charge is 2.31. The van der Waals surface area contributed by atoms with Crippen molar-refractivity contribution in [3.8, 4) is 0 Å². The number of nitro groups is 1. The Morgan fingerprint density at radius 2 is 1.55 bits per heavy atom. The number of anilines is 1. The van der Waals surface area contributed by atoms with E-state index >= 15 is 0 Å². The summed E-state index contributed by atoms with van der Waals surface area (Å²) in [5, 5.41) is 16.8. The van der Waals surface area contributed by atoms with E-state index in [-0.39, 0.29) is 11.6 Å². The van der Waals surface area contributed by atoms with Crippen molar-refractivity contribution in [2.24, 2.45) is 5.10 Å². The van der Waals surface area contributed by atoms with Gasteiger partial charge in [-0.15, -0.1) is 0 Å². The first-order valence-electron chi connectivity index (χ1n) is 9.72. The highest BCUT2D eigenvalue weighted by atomic mass is 16.6. The molecule has 1 aliphatic rings. The lowest BCUT2D eigenvalue weighted by atomic mass is 9.96. The van der Waals surface area contributed by atoms with Crippen LogP contribution in [0.1, 0.15) is 18.1 Å². The maximum atomic E-state index is 13.3. The Bertz CT molecular complexity index is 1210. The van der Waals surface area contributed by atoms with Gasteiger partial charge in [-0.25, -0.2) is 0 Å². The van der Waals surface area contributed by atoms with Gasteiger partial charge in [0, 0.05) is 12.1 Å². The number of benzene rings is 3. The number of non-ortho nitro benzene ring substituents is 1. The van der Waals surface area contributed by atoms with Crippen molar-refractivity contribution in [1.29, 1.82) is 0 Å². The van der Waals surface area contributed by atoms with Crippen molar-refractivity contribution in [3.63, 3.8) is 0 Å². The van der Waals surface area contributed by atoms with E-state index < -0.39 is 4.92 Å². The standard InChI is InChI=1S/C25H19N3O3/c1-18-24(25(29)27(26-18)21-10-6-3-7-11-21)23(20-8-4-2-5-9-20)17-14-19-12-15-22(16-13-19)28(30)31/h2-17H,1H3/b17-14+,24-23+. The maximum absolute atomic E-state index is 13.3. The largest absolute Gasteiger partial charge is 0.281 e. The van der Waals surface area contributed by atoms with Gasteiger partial charge >= 0.3 is 0 Å². The van der Waals surface area contributed by atoms with Crippen LogP contribution in [0.15, 0.2) is 102 Å². The number of hydrazone groups is 1. The van der Waals surface area contributed by atoms with E-state index in [9.17, 15) is 14.9 Å². The predicted octanol–water partition coefficient (Wildman–Crippen LogP) is 5.48. The van der Waals surface area contributed by atoms with E-state index in [0.29, 0.717) is 17.0 Å². The van der Waals surface area contributed by atoms with Crippen LogP contribution in [0.4, 0.5) is 11.4 Å².